The third-order valence-electron chi connectivity index (χ3n) is 4.32. The molecule has 148 valence electrons. The first-order chi connectivity index (χ1) is 13.7. The minimum absolute atomic E-state index is 0.255. The molecule has 0 saturated carbocycles. The molecule has 0 fully saturated rings. The van der Waals surface area contributed by atoms with Gasteiger partial charge < -0.3 is 14.6 Å². The lowest BCUT2D eigenvalue weighted by Crippen LogP contribution is -2.27. The van der Waals surface area contributed by atoms with E-state index in [0.29, 0.717) is 35.2 Å². The minimum Gasteiger partial charge on any atom is -0.493 e. The number of H-pyrrole nitrogens is 1. The van der Waals surface area contributed by atoms with Gasteiger partial charge in [0.25, 0.3) is 5.56 Å². The number of ether oxygens (including phenoxy) is 1. The Morgan fingerprint density at radius 3 is 2.50 bits per heavy atom. The van der Waals surface area contributed by atoms with Gasteiger partial charge in [-0.05, 0) is 31.4 Å². The highest BCUT2D eigenvalue weighted by molar-refractivity contribution is 5.77. The summed E-state index contributed by atoms with van der Waals surface area (Å²) >= 11 is 0. The number of aromatic nitrogens is 4. The number of para-hydroxylation sites is 1. The molecule has 7 nitrogen and oxygen atoms in total. The Bertz CT molecular complexity index is 980. The Balaban J connectivity index is 2.07. The lowest BCUT2D eigenvalue weighted by atomic mass is 10.2. The lowest BCUT2D eigenvalue weighted by Gasteiger charge is -2.21. The summed E-state index contributed by atoms with van der Waals surface area (Å²) in [6.45, 7) is 8.63. The molecule has 0 saturated heterocycles. The van der Waals surface area contributed by atoms with Crippen molar-refractivity contribution < 1.29 is 4.74 Å². The second-order valence-electron chi connectivity index (χ2n) is 6.65. The summed E-state index contributed by atoms with van der Waals surface area (Å²) in [4.78, 5) is 31.2. The summed E-state index contributed by atoms with van der Waals surface area (Å²) in [5.74, 6) is 1.75. The number of nitrogens with zero attached hydrogens (tertiary/aromatic N) is 4. The summed E-state index contributed by atoms with van der Waals surface area (Å²) in [5, 5.41) is 0.382. The van der Waals surface area contributed by atoms with E-state index in [2.05, 4.69) is 45.6 Å². The highest BCUT2D eigenvalue weighted by Gasteiger charge is 2.14. The molecule has 0 amide bonds. The molecule has 2 aromatic heterocycles. The van der Waals surface area contributed by atoms with Gasteiger partial charge in [0.15, 0.2) is 5.65 Å². The number of hydrogen-bond acceptors (Lipinski definition) is 6. The molecule has 0 aliphatic carbocycles. The first kappa shape index (κ1) is 19.8. The molecule has 0 aliphatic rings. The fraction of sp³-hybridized carbons (Fsp3) is 0.429. The zero-order valence-electron chi connectivity index (χ0n) is 16.7. The SMILES string of the molecule is CCCOc1ccccc1-c1nc2nc(N(CCC)CCC)ncc2c(=O)[nH]1. The van der Waals surface area contributed by atoms with E-state index in [1.807, 2.05) is 24.3 Å². The fourth-order valence-corrected chi connectivity index (χ4v) is 3.05. The van der Waals surface area contributed by atoms with Gasteiger partial charge in [-0.3, -0.25) is 4.79 Å². The third kappa shape index (κ3) is 4.30. The zero-order valence-corrected chi connectivity index (χ0v) is 16.7. The standard InChI is InChI=1S/C21H27N5O2/c1-4-11-26(12-5-2)21-22-14-16-19(25-21)23-18(24-20(16)27)15-9-7-8-10-17(15)28-13-6-3/h7-10,14H,4-6,11-13H2,1-3H3,(H,22,23,24,25,27). The Kier molecular flexibility index (Phi) is 6.57. The lowest BCUT2D eigenvalue weighted by molar-refractivity contribution is 0.318. The summed E-state index contributed by atoms with van der Waals surface area (Å²) in [6, 6.07) is 7.57. The Hall–Kier alpha value is -2.96. The van der Waals surface area contributed by atoms with Crippen molar-refractivity contribution in [2.75, 3.05) is 24.6 Å². The Morgan fingerprint density at radius 1 is 1.04 bits per heavy atom. The van der Waals surface area contributed by atoms with Crippen molar-refractivity contribution in [1.82, 2.24) is 19.9 Å². The van der Waals surface area contributed by atoms with E-state index in [1.165, 1.54) is 0 Å². The molecular weight excluding hydrogens is 354 g/mol. The van der Waals surface area contributed by atoms with Crippen LogP contribution in [-0.2, 0) is 0 Å². The number of nitrogens with one attached hydrogen (secondary N) is 1. The van der Waals surface area contributed by atoms with Crippen LogP contribution in [0, 0.1) is 0 Å². The molecule has 0 bridgehead atoms. The molecule has 3 rings (SSSR count). The van der Waals surface area contributed by atoms with Gasteiger partial charge in [0.2, 0.25) is 5.95 Å². The molecule has 0 unspecified atom stereocenters. The van der Waals surface area contributed by atoms with Crippen LogP contribution in [-0.4, -0.2) is 39.6 Å². The van der Waals surface area contributed by atoms with E-state index in [-0.39, 0.29) is 5.56 Å². The summed E-state index contributed by atoms with van der Waals surface area (Å²) in [7, 11) is 0. The van der Waals surface area contributed by atoms with Gasteiger partial charge in [-0.25, -0.2) is 9.97 Å². The number of rotatable bonds is 9. The second-order valence-corrected chi connectivity index (χ2v) is 6.65. The van der Waals surface area contributed by atoms with Gasteiger partial charge in [-0.1, -0.05) is 32.9 Å². The topological polar surface area (TPSA) is 84.0 Å². The van der Waals surface area contributed by atoms with Crippen LogP contribution >= 0.6 is 0 Å². The van der Waals surface area contributed by atoms with Crippen LogP contribution in [0.25, 0.3) is 22.4 Å². The van der Waals surface area contributed by atoms with Crippen LogP contribution in [0.4, 0.5) is 5.95 Å². The average molecular weight is 381 g/mol. The molecule has 0 radical (unpaired) electrons. The van der Waals surface area contributed by atoms with Crippen molar-refractivity contribution in [2.45, 2.75) is 40.0 Å². The summed E-state index contributed by atoms with van der Waals surface area (Å²) in [5.41, 5.74) is 0.884. The molecule has 7 heteroatoms. The van der Waals surface area contributed by atoms with Gasteiger partial charge >= 0.3 is 0 Å². The summed E-state index contributed by atoms with van der Waals surface area (Å²) in [6.07, 6.45) is 4.46. The fourth-order valence-electron chi connectivity index (χ4n) is 3.05. The second kappa shape index (κ2) is 9.30. The Labute approximate surface area is 164 Å². The maximum absolute atomic E-state index is 12.6. The highest BCUT2D eigenvalue weighted by Crippen LogP contribution is 2.27. The minimum atomic E-state index is -0.255. The van der Waals surface area contributed by atoms with Crippen molar-refractivity contribution >= 4 is 17.0 Å². The predicted molar refractivity (Wildman–Crippen MR) is 112 cm³/mol. The quantitative estimate of drug-likeness (QED) is 0.607. The van der Waals surface area contributed by atoms with Gasteiger partial charge in [0, 0.05) is 19.3 Å². The normalized spacial score (nSPS) is 11.0. The maximum Gasteiger partial charge on any atom is 0.262 e. The van der Waals surface area contributed by atoms with Crippen LogP contribution in [0.5, 0.6) is 5.75 Å². The number of benzene rings is 1. The maximum atomic E-state index is 12.6. The smallest absolute Gasteiger partial charge is 0.262 e. The van der Waals surface area contributed by atoms with Crippen LogP contribution in [0.3, 0.4) is 0 Å². The Morgan fingerprint density at radius 2 is 1.79 bits per heavy atom. The van der Waals surface area contributed by atoms with Gasteiger partial charge in [0.1, 0.15) is 17.0 Å². The largest absolute Gasteiger partial charge is 0.493 e. The van der Waals surface area contributed by atoms with Crippen LogP contribution in [0.2, 0.25) is 0 Å². The summed E-state index contributed by atoms with van der Waals surface area (Å²) < 4.78 is 5.82. The van der Waals surface area contributed by atoms with E-state index in [0.717, 1.165) is 37.9 Å². The predicted octanol–water partition coefficient (Wildman–Crippen LogP) is 3.80. The van der Waals surface area contributed by atoms with Crippen LogP contribution in [0.1, 0.15) is 40.0 Å². The average Bonchev–Trinajstić information content (AvgIpc) is 2.72. The monoisotopic (exact) mass is 381 g/mol. The van der Waals surface area contributed by atoms with Crippen LogP contribution < -0.4 is 15.2 Å². The van der Waals surface area contributed by atoms with E-state index in [4.69, 9.17) is 4.74 Å². The van der Waals surface area contributed by atoms with Crippen molar-refractivity contribution in [3.05, 3.63) is 40.8 Å². The molecule has 2 heterocycles. The molecule has 0 spiro atoms. The van der Waals surface area contributed by atoms with Crippen molar-refractivity contribution in [3.8, 4) is 17.1 Å². The molecular formula is C21H27N5O2. The van der Waals surface area contributed by atoms with Crippen molar-refractivity contribution in [2.24, 2.45) is 0 Å². The molecule has 0 atom stereocenters. The highest BCUT2D eigenvalue weighted by atomic mass is 16.5. The van der Waals surface area contributed by atoms with Gasteiger partial charge in [-0.2, -0.15) is 4.98 Å². The number of aromatic amines is 1. The molecule has 1 N–H and O–H groups in total. The van der Waals surface area contributed by atoms with Crippen molar-refractivity contribution in [3.63, 3.8) is 0 Å². The van der Waals surface area contributed by atoms with E-state index < -0.39 is 0 Å². The number of anilines is 1. The van der Waals surface area contributed by atoms with E-state index in [9.17, 15) is 4.79 Å². The third-order valence-corrected chi connectivity index (χ3v) is 4.32. The first-order valence-corrected chi connectivity index (χ1v) is 9.92. The zero-order chi connectivity index (χ0) is 19.9. The van der Waals surface area contributed by atoms with Crippen molar-refractivity contribution in [1.29, 1.82) is 0 Å². The molecule has 1 aromatic carbocycles. The van der Waals surface area contributed by atoms with Gasteiger partial charge in [0.05, 0.1) is 12.2 Å². The van der Waals surface area contributed by atoms with E-state index in [1.54, 1.807) is 6.20 Å². The number of fused-ring (bicyclic) bond motifs is 1. The number of hydrogen-bond donors (Lipinski definition) is 1. The van der Waals surface area contributed by atoms with E-state index >= 15 is 0 Å². The van der Waals surface area contributed by atoms with Gasteiger partial charge in [-0.15, -0.1) is 0 Å². The molecule has 3 aromatic rings. The van der Waals surface area contributed by atoms with Crippen LogP contribution in [0.15, 0.2) is 35.3 Å². The first-order valence-electron chi connectivity index (χ1n) is 9.92. The molecule has 0 aliphatic heterocycles. The molecule has 28 heavy (non-hydrogen) atoms.